The van der Waals surface area contributed by atoms with Crippen LogP contribution in [0.15, 0.2) is 11.8 Å². The van der Waals surface area contributed by atoms with Crippen molar-refractivity contribution >= 4 is 16.8 Å². The van der Waals surface area contributed by atoms with E-state index in [4.69, 9.17) is 17.0 Å². The van der Waals surface area contributed by atoms with Crippen LogP contribution in [0.4, 0.5) is 13.2 Å². The summed E-state index contributed by atoms with van der Waals surface area (Å²) in [6, 6.07) is 0. The number of alkyl halides is 3. The number of halogens is 4. The maximum Gasteiger partial charge on any atom is 0.391 e. The Morgan fingerprint density at radius 2 is 2.00 bits per heavy atom. The Kier molecular flexibility index (Phi) is 6.82. The van der Waals surface area contributed by atoms with Crippen molar-refractivity contribution < 1.29 is 13.2 Å². The van der Waals surface area contributed by atoms with E-state index < -0.39 is 12.1 Å². The van der Waals surface area contributed by atoms with Gasteiger partial charge in [0, 0.05) is 18.8 Å². The van der Waals surface area contributed by atoms with Crippen LogP contribution < -0.4 is 5.32 Å². The first-order valence-corrected chi connectivity index (χ1v) is 7.18. The SMILES string of the molecule is CCCNC(=CC(=N)Cl)CN1CCC(C(F)(F)F)CC1. The Morgan fingerprint density at radius 3 is 2.45 bits per heavy atom. The molecule has 0 saturated carbocycles. The molecule has 0 aromatic rings. The molecule has 0 amide bonds. The second kappa shape index (κ2) is 7.88. The van der Waals surface area contributed by atoms with Gasteiger partial charge in [0.25, 0.3) is 0 Å². The summed E-state index contributed by atoms with van der Waals surface area (Å²) in [4.78, 5) is 1.97. The summed E-state index contributed by atoms with van der Waals surface area (Å²) < 4.78 is 37.7. The summed E-state index contributed by atoms with van der Waals surface area (Å²) in [5, 5.41) is 10.4. The zero-order chi connectivity index (χ0) is 15.2. The minimum atomic E-state index is -4.08. The fraction of sp³-hybridized carbons (Fsp3) is 0.769. The quantitative estimate of drug-likeness (QED) is 0.738. The van der Waals surface area contributed by atoms with Crippen LogP contribution in [-0.2, 0) is 0 Å². The number of rotatable bonds is 6. The molecular formula is C13H21ClF3N3. The predicted octanol–water partition coefficient (Wildman–Crippen LogP) is 3.36. The van der Waals surface area contributed by atoms with E-state index in [0.29, 0.717) is 19.6 Å². The molecule has 7 heteroatoms. The van der Waals surface area contributed by atoms with E-state index in [1.54, 1.807) is 0 Å². The summed E-state index contributed by atoms with van der Waals surface area (Å²) in [5.41, 5.74) is 0.789. The van der Waals surface area contributed by atoms with Gasteiger partial charge in [0.15, 0.2) is 0 Å². The van der Waals surface area contributed by atoms with Gasteiger partial charge < -0.3 is 5.32 Å². The van der Waals surface area contributed by atoms with Gasteiger partial charge in [0.05, 0.1) is 5.92 Å². The standard InChI is InChI=1S/C13H21ClF3N3/c1-2-5-19-11(8-12(14)18)9-20-6-3-10(4-7-20)13(15,16)17/h8,10,18-19H,2-7,9H2,1H3. The summed E-state index contributed by atoms with van der Waals surface area (Å²) in [6.07, 6.45) is -1.34. The van der Waals surface area contributed by atoms with Crippen molar-refractivity contribution in [3.05, 3.63) is 11.8 Å². The molecule has 1 aliphatic heterocycles. The van der Waals surface area contributed by atoms with Crippen molar-refractivity contribution in [2.24, 2.45) is 5.92 Å². The lowest BCUT2D eigenvalue weighted by Crippen LogP contribution is -2.41. The van der Waals surface area contributed by atoms with E-state index in [9.17, 15) is 13.2 Å². The van der Waals surface area contributed by atoms with Gasteiger partial charge in [-0.25, -0.2) is 0 Å². The van der Waals surface area contributed by atoms with Gasteiger partial charge in [0.2, 0.25) is 0 Å². The lowest BCUT2D eigenvalue weighted by Gasteiger charge is -2.33. The molecule has 1 saturated heterocycles. The second-order valence-corrected chi connectivity index (χ2v) is 5.44. The van der Waals surface area contributed by atoms with E-state index in [1.807, 2.05) is 11.8 Å². The monoisotopic (exact) mass is 311 g/mol. The van der Waals surface area contributed by atoms with Crippen LogP contribution in [0, 0.1) is 11.3 Å². The van der Waals surface area contributed by atoms with Crippen molar-refractivity contribution in [3.63, 3.8) is 0 Å². The normalized spacial score (nSPS) is 19.1. The molecule has 0 bridgehead atoms. The Labute approximate surface area is 122 Å². The van der Waals surface area contributed by atoms with Crippen LogP contribution in [0.5, 0.6) is 0 Å². The molecule has 0 aromatic carbocycles. The molecule has 0 unspecified atom stereocenters. The van der Waals surface area contributed by atoms with Crippen LogP contribution in [0.3, 0.4) is 0 Å². The van der Waals surface area contributed by atoms with E-state index in [1.165, 1.54) is 6.08 Å². The maximum atomic E-state index is 12.6. The fourth-order valence-corrected chi connectivity index (χ4v) is 2.38. The van der Waals surface area contributed by atoms with Gasteiger partial charge >= 0.3 is 6.18 Å². The second-order valence-electron chi connectivity index (χ2n) is 5.04. The number of likely N-dealkylation sites (tertiary alicyclic amines) is 1. The number of hydrogen-bond donors (Lipinski definition) is 2. The van der Waals surface area contributed by atoms with Gasteiger partial charge in [-0.15, -0.1) is 0 Å². The molecule has 0 aromatic heterocycles. The largest absolute Gasteiger partial charge is 0.391 e. The van der Waals surface area contributed by atoms with Crippen molar-refractivity contribution in [1.29, 1.82) is 5.41 Å². The van der Waals surface area contributed by atoms with Gasteiger partial charge in [-0.1, -0.05) is 18.5 Å². The molecule has 0 radical (unpaired) electrons. The van der Waals surface area contributed by atoms with E-state index in [0.717, 1.165) is 18.7 Å². The highest BCUT2D eigenvalue weighted by Crippen LogP contribution is 2.34. The van der Waals surface area contributed by atoms with Gasteiger partial charge in [-0.05, 0) is 38.4 Å². The van der Waals surface area contributed by atoms with Gasteiger partial charge in [-0.3, -0.25) is 10.3 Å². The van der Waals surface area contributed by atoms with Crippen LogP contribution in [0.25, 0.3) is 0 Å². The summed E-state index contributed by atoms with van der Waals surface area (Å²) in [5.74, 6) is -1.18. The Bertz CT molecular complexity index is 347. The highest BCUT2D eigenvalue weighted by Gasteiger charge is 2.40. The van der Waals surface area contributed by atoms with E-state index in [-0.39, 0.29) is 18.0 Å². The average molecular weight is 312 g/mol. The summed E-state index contributed by atoms with van der Waals surface area (Å²) in [6.45, 7) is 4.13. The van der Waals surface area contributed by atoms with E-state index >= 15 is 0 Å². The summed E-state index contributed by atoms with van der Waals surface area (Å²) in [7, 11) is 0. The first-order chi connectivity index (χ1) is 9.32. The average Bonchev–Trinajstić information content (AvgIpc) is 2.35. The molecule has 0 atom stereocenters. The molecule has 2 N–H and O–H groups in total. The zero-order valence-electron chi connectivity index (χ0n) is 11.6. The predicted molar refractivity (Wildman–Crippen MR) is 75.2 cm³/mol. The molecule has 1 heterocycles. The van der Waals surface area contributed by atoms with Crippen LogP contribution in [-0.4, -0.2) is 42.4 Å². The number of nitrogens with one attached hydrogen (secondary N) is 2. The van der Waals surface area contributed by atoms with Crippen LogP contribution in [0.1, 0.15) is 26.2 Å². The number of nitrogens with zero attached hydrogens (tertiary/aromatic N) is 1. The van der Waals surface area contributed by atoms with Crippen molar-refractivity contribution in [3.8, 4) is 0 Å². The third-order valence-electron chi connectivity index (χ3n) is 3.35. The molecule has 1 aliphatic rings. The highest BCUT2D eigenvalue weighted by atomic mass is 35.5. The molecule has 20 heavy (non-hydrogen) atoms. The maximum absolute atomic E-state index is 12.6. The zero-order valence-corrected chi connectivity index (χ0v) is 12.3. The van der Waals surface area contributed by atoms with Crippen LogP contribution >= 0.6 is 11.6 Å². The molecule has 0 aliphatic carbocycles. The highest BCUT2D eigenvalue weighted by molar-refractivity contribution is 6.67. The molecule has 116 valence electrons. The smallest absolute Gasteiger partial charge is 0.387 e. The topological polar surface area (TPSA) is 39.1 Å². The molecular weight excluding hydrogens is 291 g/mol. The Morgan fingerprint density at radius 1 is 1.40 bits per heavy atom. The number of piperidine rings is 1. The van der Waals surface area contributed by atoms with Crippen molar-refractivity contribution in [2.75, 3.05) is 26.2 Å². The van der Waals surface area contributed by atoms with Gasteiger partial charge in [0.1, 0.15) is 5.17 Å². The number of hydrogen-bond acceptors (Lipinski definition) is 3. The fourth-order valence-electron chi connectivity index (χ4n) is 2.25. The van der Waals surface area contributed by atoms with Gasteiger partial charge in [-0.2, -0.15) is 13.2 Å². The molecule has 3 nitrogen and oxygen atoms in total. The Balaban J connectivity index is 2.49. The third kappa shape index (κ3) is 6.13. The molecule has 1 fully saturated rings. The van der Waals surface area contributed by atoms with Crippen molar-refractivity contribution in [2.45, 2.75) is 32.4 Å². The minimum Gasteiger partial charge on any atom is -0.387 e. The summed E-state index contributed by atoms with van der Waals surface area (Å²) >= 11 is 5.55. The number of allylic oxidation sites excluding steroid dienone is 1. The molecule has 0 spiro atoms. The lowest BCUT2D eigenvalue weighted by atomic mass is 9.96. The molecule has 1 rings (SSSR count). The van der Waals surface area contributed by atoms with Crippen LogP contribution in [0.2, 0.25) is 0 Å². The minimum absolute atomic E-state index is 0.0752. The first-order valence-electron chi connectivity index (χ1n) is 6.80. The first kappa shape index (κ1) is 17.3. The lowest BCUT2D eigenvalue weighted by molar-refractivity contribution is -0.184. The van der Waals surface area contributed by atoms with Crippen molar-refractivity contribution in [1.82, 2.24) is 10.2 Å². The van der Waals surface area contributed by atoms with E-state index in [2.05, 4.69) is 5.32 Å². The third-order valence-corrected chi connectivity index (χ3v) is 3.46. The Hall–Kier alpha value is -0.750.